The van der Waals surface area contributed by atoms with Gasteiger partial charge in [-0.1, -0.05) is 26.8 Å². The van der Waals surface area contributed by atoms with Crippen LogP contribution < -0.4 is 10.9 Å². The van der Waals surface area contributed by atoms with E-state index in [1.807, 2.05) is 6.92 Å². The summed E-state index contributed by atoms with van der Waals surface area (Å²) in [6.07, 6.45) is 0.712. The number of nitrogens with zero attached hydrogens (tertiary/aromatic N) is 3. The second-order valence-corrected chi connectivity index (χ2v) is 7.79. The minimum absolute atomic E-state index is 0.0834. The first-order valence-corrected chi connectivity index (χ1v) is 10.3. The molecule has 0 spiro atoms. The number of carbonyl (C=O) groups is 1. The molecule has 0 aliphatic carbocycles. The van der Waals surface area contributed by atoms with E-state index in [0.717, 1.165) is 0 Å². The van der Waals surface area contributed by atoms with Crippen molar-refractivity contribution in [1.29, 1.82) is 0 Å². The van der Waals surface area contributed by atoms with Gasteiger partial charge in [0.25, 0.3) is 11.5 Å². The van der Waals surface area contributed by atoms with Crippen LogP contribution >= 0.6 is 0 Å². The van der Waals surface area contributed by atoms with Gasteiger partial charge in [0.05, 0.1) is 4.90 Å². The van der Waals surface area contributed by atoms with E-state index in [1.54, 1.807) is 26.0 Å². The molecule has 8 nitrogen and oxygen atoms in total. The molecule has 1 aromatic carbocycles. The highest BCUT2D eigenvalue weighted by atomic mass is 32.2. The SMILES string of the molecule is CCCn1nc(C(=O)Nc2cccc(S(=O)(=O)N(CC)CC)c2)ccc1=O. The standard InChI is InChI=1S/C18H24N4O4S/c1-4-12-22-17(23)11-10-16(20-22)18(24)19-14-8-7-9-15(13-14)27(25,26)21(5-2)6-3/h7-11,13H,4-6,12H2,1-3H3,(H,19,24). The van der Waals surface area contributed by atoms with Gasteiger partial charge in [-0.25, -0.2) is 13.1 Å². The fourth-order valence-corrected chi connectivity index (χ4v) is 4.09. The summed E-state index contributed by atoms with van der Waals surface area (Å²) in [4.78, 5) is 24.3. The van der Waals surface area contributed by atoms with Crippen molar-refractivity contribution in [2.45, 2.75) is 38.6 Å². The normalized spacial score (nSPS) is 11.6. The largest absolute Gasteiger partial charge is 0.321 e. The van der Waals surface area contributed by atoms with Crippen molar-refractivity contribution in [3.05, 3.63) is 52.4 Å². The molecule has 0 radical (unpaired) electrons. The zero-order valence-corrected chi connectivity index (χ0v) is 16.5. The number of nitrogens with one attached hydrogen (secondary N) is 1. The second-order valence-electron chi connectivity index (χ2n) is 5.85. The molecule has 0 bridgehead atoms. The van der Waals surface area contributed by atoms with Gasteiger partial charge in [0, 0.05) is 31.4 Å². The zero-order valence-electron chi connectivity index (χ0n) is 15.7. The Balaban J connectivity index is 2.27. The number of sulfonamides is 1. The number of hydrogen-bond donors (Lipinski definition) is 1. The van der Waals surface area contributed by atoms with Gasteiger partial charge in [0.15, 0.2) is 0 Å². The van der Waals surface area contributed by atoms with Crippen LogP contribution in [0.15, 0.2) is 46.1 Å². The Labute approximate surface area is 158 Å². The van der Waals surface area contributed by atoms with Crippen molar-refractivity contribution in [1.82, 2.24) is 14.1 Å². The summed E-state index contributed by atoms with van der Waals surface area (Å²) in [6, 6.07) is 8.70. The van der Waals surface area contributed by atoms with Crippen molar-refractivity contribution in [2.75, 3.05) is 18.4 Å². The molecule has 146 valence electrons. The van der Waals surface area contributed by atoms with E-state index < -0.39 is 15.9 Å². The summed E-state index contributed by atoms with van der Waals surface area (Å²) in [5, 5.41) is 6.68. The van der Waals surface area contributed by atoms with E-state index in [-0.39, 0.29) is 16.1 Å². The van der Waals surface area contributed by atoms with Crippen LogP contribution in [-0.2, 0) is 16.6 Å². The van der Waals surface area contributed by atoms with Crippen LogP contribution in [0.1, 0.15) is 37.7 Å². The number of carbonyl (C=O) groups excluding carboxylic acids is 1. The van der Waals surface area contributed by atoms with E-state index in [4.69, 9.17) is 0 Å². The van der Waals surface area contributed by atoms with Gasteiger partial charge in [0.2, 0.25) is 10.0 Å². The van der Waals surface area contributed by atoms with Crippen LogP contribution in [0.4, 0.5) is 5.69 Å². The molecule has 0 fully saturated rings. The monoisotopic (exact) mass is 392 g/mol. The molecule has 1 N–H and O–H groups in total. The molecule has 1 heterocycles. The van der Waals surface area contributed by atoms with Gasteiger partial charge >= 0.3 is 0 Å². The molecular weight excluding hydrogens is 368 g/mol. The van der Waals surface area contributed by atoms with Gasteiger partial charge in [-0.2, -0.15) is 9.40 Å². The Morgan fingerprint density at radius 3 is 2.48 bits per heavy atom. The highest BCUT2D eigenvalue weighted by Gasteiger charge is 2.22. The lowest BCUT2D eigenvalue weighted by Crippen LogP contribution is -2.30. The third-order valence-corrected chi connectivity index (χ3v) is 6.02. The highest BCUT2D eigenvalue weighted by molar-refractivity contribution is 7.89. The maximum absolute atomic E-state index is 12.6. The number of aromatic nitrogens is 2. The number of benzene rings is 1. The van der Waals surface area contributed by atoms with E-state index in [0.29, 0.717) is 31.7 Å². The Bertz CT molecular complexity index is 965. The molecule has 0 saturated carbocycles. The smallest absolute Gasteiger partial charge is 0.276 e. The predicted octanol–water partition coefficient (Wildman–Crippen LogP) is 1.94. The van der Waals surface area contributed by atoms with E-state index >= 15 is 0 Å². The molecule has 2 rings (SSSR count). The van der Waals surface area contributed by atoms with E-state index in [2.05, 4.69) is 10.4 Å². The van der Waals surface area contributed by atoms with Crippen LogP contribution in [0.2, 0.25) is 0 Å². The molecular formula is C18H24N4O4S. The first-order valence-electron chi connectivity index (χ1n) is 8.83. The molecule has 9 heteroatoms. The first kappa shape index (κ1) is 20.8. The van der Waals surface area contributed by atoms with Crippen LogP contribution in [-0.4, -0.2) is 41.5 Å². The first-order chi connectivity index (χ1) is 12.8. The van der Waals surface area contributed by atoms with Crippen LogP contribution in [0.25, 0.3) is 0 Å². The fourth-order valence-electron chi connectivity index (χ4n) is 2.58. The highest BCUT2D eigenvalue weighted by Crippen LogP contribution is 2.19. The Kier molecular flexibility index (Phi) is 6.86. The summed E-state index contributed by atoms with van der Waals surface area (Å²) in [5.74, 6) is -0.516. The van der Waals surface area contributed by atoms with Gasteiger partial charge in [-0.15, -0.1) is 0 Å². The molecule has 1 aromatic heterocycles. The summed E-state index contributed by atoms with van der Waals surface area (Å²) in [6.45, 7) is 6.57. The molecule has 27 heavy (non-hydrogen) atoms. The van der Waals surface area contributed by atoms with E-state index in [1.165, 1.54) is 33.3 Å². The summed E-state index contributed by atoms with van der Waals surface area (Å²) >= 11 is 0. The fraction of sp³-hybridized carbons (Fsp3) is 0.389. The predicted molar refractivity (Wildman–Crippen MR) is 103 cm³/mol. The minimum atomic E-state index is -3.62. The lowest BCUT2D eigenvalue weighted by Gasteiger charge is -2.18. The topological polar surface area (TPSA) is 101 Å². The zero-order chi connectivity index (χ0) is 20.0. The lowest BCUT2D eigenvalue weighted by molar-refractivity contribution is 0.101. The number of amides is 1. The molecule has 0 aliphatic rings. The van der Waals surface area contributed by atoms with Crippen molar-refractivity contribution in [2.24, 2.45) is 0 Å². The molecule has 0 atom stereocenters. The maximum atomic E-state index is 12.6. The Morgan fingerprint density at radius 2 is 1.85 bits per heavy atom. The van der Waals surface area contributed by atoms with Gasteiger partial charge in [-0.05, 0) is 30.7 Å². The molecule has 1 amide bonds. The Hall–Kier alpha value is -2.52. The molecule has 0 aliphatic heterocycles. The van der Waals surface area contributed by atoms with Gasteiger partial charge in [-0.3, -0.25) is 9.59 Å². The molecule has 2 aromatic rings. The second kappa shape index (κ2) is 8.92. The third kappa shape index (κ3) is 4.81. The average molecular weight is 392 g/mol. The molecule has 0 unspecified atom stereocenters. The number of aryl methyl sites for hydroxylation is 1. The number of rotatable bonds is 8. The van der Waals surface area contributed by atoms with Gasteiger partial charge in [0.1, 0.15) is 5.69 Å². The maximum Gasteiger partial charge on any atom is 0.276 e. The molecule has 0 saturated heterocycles. The summed E-state index contributed by atoms with van der Waals surface area (Å²) < 4.78 is 27.8. The lowest BCUT2D eigenvalue weighted by atomic mass is 10.3. The van der Waals surface area contributed by atoms with Crippen LogP contribution in [0, 0.1) is 0 Å². The average Bonchev–Trinajstić information content (AvgIpc) is 2.64. The van der Waals surface area contributed by atoms with Crippen molar-refractivity contribution in [3.63, 3.8) is 0 Å². The third-order valence-electron chi connectivity index (χ3n) is 3.97. The van der Waals surface area contributed by atoms with E-state index in [9.17, 15) is 18.0 Å². The van der Waals surface area contributed by atoms with Crippen molar-refractivity contribution >= 4 is 21.6 Å². The van der Waals surface area contributed by atoms with Crippen molar-refractivity contribution in [3.8, 4) is 0 Å². The summed E-state index contributed by atoms with van der Waals surface area (Å²) in [5.41, 5.74) is 0.143. The summed E-state index contributed by atoms with van der Waals surface area (Å²) in [7, 11) is -3.62. The minimum Gasteiger partial charge on any atom is -0.321 e. The van der Waals surface area contributed by atoms with Crippen molar-refractivity contribution < 1.29 is 13.2 Å². The van der Waals surface area contributed by atoms with Crippen LogP contribution in [0.5, 0.6) is 0 Å². The number of hydrogen-bond acceptors (Lipinski definition) is 5. The quantitative estimate of drug-likeness (QED) is 0.740. The van der Waals surface area contributed by atoms with Crippen LogP contribution in [0.3, 0.4) is 0 Å². The van der Waals surface area contributed by atoms with Gasteiger partial charge < -0.3 is 5.32 Å². The Morgan fingerprint density at radius 1 is 1.15 bits per heavy atom. The number of anilines is 1.